The first kappa shape index (κ1) is 21.3. The lowest BCUT2D eigenvalue weighted by atomic mass is 10.1. The number of thioether (sulfide) groups is 1. The maximum Gasteiger partial charge on any atom is 0.311 e. The van der Waals surface area contributed by atoms with E-state index in [1.165, 1.54) is 23.1 Å². The van der Waals surface area contributed by atoms with Crippen LogP contribution in [0.3, 0.4) is 0 Å². The van der Waals surface area contributed by atoms with E-state index in [0.717, 1.165) is 27.7 Å². The van der Waals surface area contributed by atoms with Crippen molar-refractivity contribution in [1.82, 2.24) is 19.6 Å². The Kier molecular flexibility index (Phi) is 6.19. The molecule has 3 aromatic heterocycles. The standard InChI is InChI=1S/C21H21N5O3S2/c1-4-29-18(28)9-14-10-30-20(22-14)23-17(27)11-31-21-25-24-16-8-13(3)15-7-5-6-12(2)19(15)26(16)21/h5-8,10H,4,9,11H2,1-3H3,(H,22,23,27). The van der Waals surface area contributed by atoms with Gasteiger partial charge < -0.3 is 10.1 Å². The fraction of sp³-hybridized carbons (Fsp3) is 0.286. The van der Waals surface area contributed by atoms with Crippen molar-refractivity contribution in [3.8, 4) is 0 Å². The summed E-state index contributed by atoms with van der Waals surface area (Å²) in [4.78, 5) is 28.3. The van der Waals surface area contributed by atoms with Crippen LogP contribution in [0.1, 0.15) is 23.7 Å². The zero-order valence-electron chi connectivity index (χ0n) is 17.3. The Morgan fingerprint density at radius 3 is 2.87 bits per heavy atom. The minimum atomic E-state index is -0.335. The summed E-state index contributed by atoms with van der Waals surface area (Å²) in [6, 6.07) is 8.16. The van der Waals surface area contributed by atoms with Crippen molar-refractivity contribution >= 4 is 56.7 Å². The van der Waals surface area contributed by atoms with Crippen LogP contribution in [0.15, 0.2) is 34.8 Å². The summed E-state index contributed by atoms with van der Waals surface area (Å²) in [5.74, 6) is -0.376. The number of anilines is 1. The highest BCUT2D eigenvalue weighted by Gasteiger charge is 2.15. The third-order valence-corrected chi connectivity index (χ3v) is 6.39. The van der Waals surface area contributed by atoms with Gasteiger partial charge in [0.15, 0.2) is 15.9 Å². The van der Waals surface area contributed by atoms with Gasteiger partial charge in [0.2, 0.25) is 5.91 Å². The van der Waals surface area contributed by atoms with Gasteiger partial charge in [0, 0.05) is 10.8 Å². The number of carbonyl (C=O) groups is 2. The molecule has 0 saturated carbocycles. The molecule has 0 spiro atoms. The van der Waals surface area contributed by atoms with Crippen LogP contribution < -0.4 is 5.32 Å². The van der Waals surface area contributed by atoms with Crippen LogP contribution in [0.25, 0.3) is 16.6 Å². The zero-order valence-corrected chi connectivity index (χ0v) is 19.0. The first-order valence-electron chi connectivity index (χ1n) is 9.73. The van der Waals surface area contributed by atoms with Gasteiger partial charge in [-0.3, -0.25) is 14.0 Å². The summed E-state index contributed by atoms with van der Waals surface area (Å²) in [5, 5.41) is 15.3. The molecule has 0 saturated heterocycles. The molecule has 0 atom stereocenters. The van der Waals surface area contributed by atoms with Crippen LogP contribution in [0.4, 0.5) is 5.13 Å². The first-order chi connectivity index (χ1) is 15.0. The van der Waals surface area contributed by atoms with Crippen LogP contribution in [-0.2, 0) is 20.7 Å². The highest BCUT2D eigenvalue weighted by atomic mass is 32.2. The van der Waals surface area contributed by atoms with E-state index < -0.39 is 0 Å². The molecule has 0 aliphatic carbocycles. The Balaban J connectivity index is 1.47. The van der Waals surface area contributed by atoms with Crippen molar-refractivity contribution < 1.29 is 14.3 Å². The molecule has 1 aromatic carbocycles. The maximum atomic E-state index is 12.4. The van der Waals surface area contributed by atoms with Crippen molar-refractivity contribution in [1.29, 1.82) is 0 Å². The number of hydrogen-bond donors (Lipinski definition) is 1. The third-order valence-electron chi connectivity index (χ3n) is 4.65. The van der Waals surface area contributed by atoms with Crippen molar-refractivity contribution in [2.45, 2.75) is 32.3 Å². The molecule has 0 aliphatic heterocycles. The number of rotatable bonds is 7. The summed E-state index contributed by atoms with van der Waals surface area (Å²) in [6.45, 7) is 6.20. The quantitative estimate of drug-likeness (QED) is 0.334. The molecule has 10 heteroatoms. The van der Waals surface area contributed by atoms with Crippen LogP contribution in [0.2, 0.25) is 0 Å². The molecule has 0 bridgehead atoms. The molecular weight excluding hydrogens is 434 g/mol. The number of benzene rings is 1. The highest BCUT2D eigenvalue weighted by molar-refractivity contribution is 7.99. The zero-order chi connectivity index (χ0) is 22.0. The van der Waals surface area contributed by atoms with Crippen molar-refractivity contribution in [3.05, 3.63) is 46.5 Å². The minimum Gasteiger partial charge on any atom is -0.466 e. The number of pyridine rings is 1. The topological polar surface area (TPSA) is 98.5 Å². The van der Waals surface area contributed by atoms with E-state index in [-0.39, 0.29) is 24.1 Å². The Morgan fingerprint density at radius 2 is 2.06 bits per heavy atom. The van der Waals surface area contributed by atoms with Gasteiger partial charge in [-0.1, -0.05) is 30.0 Å². The van der Waals surface area contributed by atoms with Crippen LogP contribution >= 0.6 is 23.1 Å². The van der Waals surface area contributed by atoms with Gasteiger partial charge in [0.1, 0.15) is 0 Å². The summed E-state index contributed by atoms with van der Waals surface area (Å²) in [7, 11) is 0. The summed E-state index contributed by atoms with van der Waals surface area (Å²) in [6.07, 6.45) is 0.0898. The van der Waals surface area contributed by atoms with E-state index in [4.69, 9.17) is 4.74 Å². The minimum absolute atomic E-state index is 0.0898. The lowest BCUT2D eigenvalue weighted by Gasteiger charge is -2.09. The average Bonchev–Trinajstić information content (AvgIpc) is 3.33. The number of fused-ring (bicyclic) bond motifs is 3. The number of nitrogens with one attached hydrogen (secondary N) is 1. The molecule has 8 nitrogen and oxygen atoms in total. The van der Waals surface area contributed by atoms with Crippen LogP contribution in [0.5, 0.6) is 0 Å². The number of ether oxygens (including phenoxy) is 1. The molecule has 4 rings (SSSR count). The SMILES string of the molecule is CCOC(=O)Cc1csc(NC(=O)CSc2nnc3cc(C)c4cccc(C)c4n23)n1. The van der Waals surface area contributed by atoms with Gasteiger partial charge >= 0.3 is 5.97 Å². The largest absolute Gasteiger partial charge is 0.466 e. The van der Waals surface area contributed by atoms with Gasteiger partial charge in [-0.25, -0.2) is 4.98 Å². The van der Waals surface area contributed by atoms with E-state index in [1.807, 2.05) is 16.5 Å². The molecule has 0 unspecified atom stereocenters. The molecule has 160 valence electrons. The van der Waals surface area contributed by atoms with Crippen LogP contribution in [-0.4, -0.2) is 43.8 Å². The second-order valence-corrected chi connectivity index (χ2v) is 8.74. The number of esters is 1. The molecular formula is C21H21N5O3S2. The number of aryl methyl sites for hydroxylation is 2. The number of thiazole rings is 1. The predicted octanol–water partition coefficient (Wildman–Crippen LogP) is 3.79. The number of carbonyl (C=O) groups excluding carboxylic acids is 2. The van der Waals surface area contributed by atoms with E-state index in [9.17, 15) is 9.59 Å². The number of aromatic nitrogens is 4. The second kappa shape index (κ2) is 9.03. The number of hydrogen-bond acceptors (Lipinski definition) is 8. The fourth-order valence-electron chi connectivity index (χ4n) is 3.31. The van der Waals surface area contributed by atoms with E-state index in [2.05, 4.69) is 46.5 Å². The lowest BCUT2D eigenvalue weighted by molar-refractivity contribution is -0.142. The monoisotopic (exact) mass is 455 g/mol. The smallest absolute Gasteiger partial charge is 0.311 e. The predicted molar refractivity (Wildman–Crippen MR) is 122 cm³/mol. The van der Waals surface area contributed by atoms with Gasteiger partial charge in [-0.2, -0.15) is 0 Å². The van der Waals surface area contributed by atoms with E-state index in [0.29, 0.717) is 22.6 Å². The summed E-state index contributed by atoms with van der Waals surface area (Å²) >= 11 is 2.59. The van der Waals surface area contributed by atoms with Crippen molar-refractivity contribution in [3.63, 3.8) is 0 Å². The molecule has 31 heavy (non-hydrogen) atoms. The van der Waals surface area contributed by atoms with Crippen molar-refractivity contribution in [2.75, 3.05) is 17.7 Å². The van der Waals surface area contributed by atoms with Gasteiger partial charge in [0.25, 0.3) is 0 Å². The Labute approximate surface area is 187 Å². The summed E-state index contributed by atoms with van der Waals surface area (Å²) in [5.41, 5.74) is 4.64. The van der Waals surface area contributed by atoms with Gasteiger partial charge in [0.05, 0.1) is 30.0 Å². The van der Waals surface area contributed by atoms with Crippen molar-refractivity contribution in [2.24, 2.45) is 0 Å². The first-order valence-corrected chi connectivity index (χ1v) is 11.6. The second-order valence-electron chi connectivity index (χ2n) is 6.94. The third kappa shape index (κ3) is 4.54. The highest BCUT2D eigenvalue weighted by Crippen LogP contribution is 2.28. The molecule has 1 N–H and O–H groups in total. The Hall–Kier alpha value is -2.98. The molecule has 4 aromatic rings. The van der Waals surface area contributed by atoms with E-state index >= 15 is 0 Å². The molecule has 0 fully saturated rings. The Morgan fingerprint density at radius 1 is 1.23 bits per heavy atom. The Bertz CT molecular complexity index is 1280. The number of nitrogens with zero attached hydrogens (tertiary/aromatic N) is 4. The number of para-hydroxylation sites is 1. The molecule has 0 radical (unpaired) electrons. The number of amides is 1. The van der Waals surface area contributed by atoms with Crippen LogP contribution in [0, 0.1) is 13.8 Å². The average molecular weight is 456 g/mol. The lowest BCUT2D eigenvalue weighted by Crippen LogP contribution is -2.14. The molecule has 0 aliphatic rings. The van der Waals surface area contributed by atoms with Gasteiger partial charge in [-0.05, 0) is 38.0 Å². The molecule has 1 amide bonds. The normalized spacial score (nSPS) is 11.2. The van der Waals surface area contributed by atoms with E-state index in [1.54, 1.807) is 12.3 Å². The molecule has 3 heterocycles. The summed E-state index contributed by atoms with van der Waals surface area (Å²) < 4.78 is 6.91. The van der Waals surface area contributed by atoms with Gasteiger partial charge in [-0.15, -0.1) is 21.5 Å². The maximum absolute atomic E-state index is 12.4. The fourth-order valence-corrected chi connectivity index (χ4v) is 4.79.